The van der Waals surface area contributed by atoms with Crippen molar-refractivity contribution in [2.45, 2.75) is 29.2 Å². The standard InChI is InChI=1S/C20H27N3O4S2/c1-21(2)18-8-6-17(7-9-18)16-22(3)28(24,25)19-10-12-20(13-11-19)29(26,27)23-14-4-5-15-23/h6-13H,4-5,14-16H2,1-3H3. The maximum Gasteiger partial charge on any atom is 0.243 e. The number of rotatable bonds is 7. The minimum absolute atomic E-state index is 0.0743. The zero-order valence-electron chi connectivity index (χ0n) is 16.9. The molecule has 0 radical (unpaired) electrons. The quantitative estimate of drug-likeness (QED) is 0.665. The topological polar surface area (TPSA) is 78.0 Å². The number of benzene rings is 2. The van der Waals surface area contributed by atoms with E-state index < -0.39 is 20.0 Å². The first kappa shape index (κ1) is 21.8. The van der Waals surface area contributed by atoms with Gasteiger partial charge in [0.05, 0.1) is 9.79 Å². The van der Waals surface area contributed by atoms with Crippen molar-refractivity contribution in [1.29, 1.82) is 0 Å². The zero-order valence-corrected chi connectivity index (χ0v) is 18.6. The van der Waals surface area contributed by atoms with Gasteiger partial charge in [-0.1, -0.05) is 12.1 Å². The smallest absolute Gasteiger partial charge is 0.243 e. The maximum atomic E-state index is 12.9. The van der Waals surface area contributed by atoms with Crippen LogP contribution in [0.5, 0.6) is 0 Å². The van der Waals surface area contributed by atoms with E-state index in [0.717, 1.165) is 24.1 Å². The van der Waals surface area contributed by atoms with Crippen LogP contribution in [0.25, 0.3) is 0 Å². The fraction of sp³-hybridized carbons (Fsp3) is 0.400. The Labute approximate surface area is 173 Å². The zero-order chi connectivity index (χ0) is 21.2. The summed E-state index contributed by atoms with van der Waals surface area (Å²) in [6, 6.07) is 13.1. The van der Waals surface area contributed by atoms with Gasteiger partial charge in [0.15, 0.2) is 0 Å². The normalized spacial score (nSPS) is 15.7. The van der Waals surface area contributed by atoms with Gasteiger partial charge in [-0.2, -0.15) is 8.61 Å². The average Bonchev–Trinajstić information content (AvgIpc) is 3.24. The van der Waals surface area contributed by atoms with Gasteiger partial charge in [0.25, 0.3) is 0 Å². The molecule has 7 nitrogen and oxygen atoms in total. The second-order valence-corrected chi connectivity index (χ2v) is 11.4. The van der Waals surface area contributed by atoms with Crippen LogP contribution >= 0.6 is 0 Å². The summed E-state index contributed by atoms with van der Waals surface area (Å²) in [6.45, 7) is 1.25. The van der Waals surface area contributed by atoms with E-state index in [0.29, 0.717) is 13.1 Å². The minimum atomic E-state index is -3.73. The number of hydrogen-bond acceptors (Lipinski definition) is 5. The molecule has 0 N–H and O–H groups in total. The summed E-state index contributed by atoms with van der Waals surface area (Å²) in [5.74, 6) is 0. The van der Waals surface area contributed by atoms with Gasteiger partial charge in [-0.25, -0.2) is 16.8 Å². The van der Waals surface area contributed by atoms with Crippen LogP contribution in [0.1, 0.15) is 18.4 Å². The van der Waals surface area contributed by atoms with Gasteiger partial charge >= 0.3 is 0 Å². The van der Waals surface area contributed by atoms with Gasteiger partial charge < -0.3 is 4.90 Å². The Bertz CT molecular complexity index is 1040. The molecule has 0 spiro atoms. The van der Waals surface area contributed by atoms with Gasteiger partial charge in [0, 0.05) is 46.5 Å². The third kappa shape index (κ3) is 4.63. The van der Waals surface area contributed by atoms with Crippen LogP contribution in [0.15, 0.2) is 58.3 Å². The number of hydrogen-bond donors (Lipinski definition) is 0. The van der Waals surface area contributed by atoms with E-state index in [1.54, 1.807) is 0 Å². The van der Waals surface area contributed by atoms with Crippen molar-refractivity contribution in [2.75, 3.05) is 39.1 Å². The number of nitrogens with zero attached hydrogens (tertiary/aromatic N) is 3. The molecule has 2 aromatic rings. The molecule has 1 aliphatic rings. The molecule has 0 saturated carbocycles. The number of anilines is 1. The lowest BCUT2D eigenvalue weighted by atomic mass is 10.2. The molecule has 0 unspecified atom stereocenters. The van der Waals surface area contributed by atoms with Crippen LogP contribution in [0, 0.1) is 0 Å². The fourth-order valence-electron chi connectivity index (χ4n) is 3.28. The fourth-order valence-corrected chi connectivity index (χ4v) is 5.96. The molecule has 0 amide bonds. The first-order chi connectivity index (χ1) is 13.6. The van der Waals surface area contributed by atoms with E-state index in [4.69, 9.17) is 0 Å². The highest BCUT2D eigenvalue weighted by Crippen LogP contribution is 2.24. The van der Waals surface area contributed by atoms with Crippen molar-refractivity contribution in [1.82, 2.24) is 8.61 Å². The van der Waals surface area contributed by atoms with Gasteiger partial charge in [0.1, 0.15) is 0 Å². The molecule has 158 valence electrons. The summed E-state index contributed by atoms with van der Waals surface area (Å²) >= 11 is 0. The number of sulfonamides is 2. The van der Waals surface area contributed by atoms with Gasteiger partial charge in [-0.3, -0.25) is 0 Å². The molecule has 2 aromatic carbocycles. The lowest BCUT2D eigenvalue weighted by Crippen LogP contribution is -2.28. The van der Waals surface area contributed by atoms with Crippen LogP contribution < -0.4 is 4.90 Å². The molecule has 0 aromatic heterocycles. The van der Waals surface area contributed by atoms with Gasteiger partial charge in [-0.15, -0.1) is 0 Å². The Balaban J connectivity index is 1.76. The summed E-state index contributed by atoms with van der Waals surface area (Å²) in [4.78, 5) is 2.17. The molecular formula is C20H27N3O4S2. The van der Waals surface area contributed by atoms with E-state index >= 15 is 0 Å². The summed E-state index contributed by atoms with van der Waals surface area (Å²) < 4.78 is 53.7. The van der Waals surface area contributed by atoms with E-state index in [9.17, 15) is 16.8 Å². The SMILES string of the molecule is CN(C)c1ccc(CN(C)S(=O)(=O)c2ccc(S(=O)(=O)N3CCCC3)cc2)cc1. The van der Waals surface area contributed by atoms with Gasteiger partial charge in [-0.05, 0) is 54.8 Å². The van der Waals surface area contributed by atoms with Crippen molar-refractivity contribution in [3.05, 3.63) is 54.1 Å². The van der Waals surface area contributed by atoms with Gasteiger partial charge in [0.2, 0.25) is 20.0 Å². The Hall–Kier alpha value is -1.94. The molecule has 1 fully saturated rings. The van der Waals surface area contributed by atoms with Crippen LogP contribution in [-0.4, -0.2) is 59.7 Å². The lowest BCUT2D eigenvalue weighted by molar-refractivity contribution is 0.466. The molecular weight excluding hydrogens is 410 g/mol. The van der Waals surface area contributed by atoms with Crippen LogP contribution in [0.4, 0.5) is 5.69 Å². The Morgan fingerprint density at radius 2 is 1.31 bits per heavy atom. The van der Waals surface area contributed by atoms with E-state index in [1.165, 1.54) is 39.9 Å². The summed E-state index contributed by atoms with van der Waals surface area (Å²) in [5.41, 5.74) is 1.91. The largest absolute Gasteiger partial charge is 0.378 e. The summed E-state index contributed by atoms with van der Waals surface area (Å²) in [5, 5.41) is 0. The molecule has 0 aliphatic carbocycles. The van der Waals surface area contributed by atoms with E-state index in [2.05, 4.69) is 0 Å². The van der Waals surface area contributed by atoms with Crippen LogP contribution in [0.3, 0.4) is 0 Å². The highest BCUT2D eigenvalue weighted by Gasteiger charge is 2.28. The second-order valence-electron chi connectivity index (χ2n) is 7.40. The van der Waals surface area contributed by atoms with Crippen molar-refractivity contribution in [2.24, 2.45) is 0 Å². The van der Waals surface area contributed by atoms with Crippen molar-refractivity contribution in [3.63, 3.8) is 0 Å². The third-order valence-corrected chi connectivity index (χ3v) is 8.82. The molecule has 0 atom stereocenters. The minimum Gasteiger partial charge on any atom is -0.378 e. The van der Waals surface area contributed by atoms with Crippen LogP contribution in [0.2, 0.25) is 0 Å². The maximum absolute atomic E-state index is 12.9. The third-order valence-electron chi connectivity index (χ3n) is 5.09. The molecule has 1 aliphatic heterocycles. The first-order valence-corrected chi connectivity index (χ1v) is 12.3. The highest BCUT2D eigenvalue weighted by molar-refractivity contribution is 7.89. The Morgan fingerprint density at radius 1 is 0.793 bits per heavy atom. The highest BCUT2D eigenvalue weighted by atomic mass is 32.2. The summed E-state index contributed by atoms with van der Waals surface area (Å²) in [6.07, 6.45) is 1.71. The predicted molar refractivity (Wildman–Crippen MR) is 114 cm³/mol. The molecule has 29 heavy (non-hydrogen) atoms. The van der Waals surface area contributed by atoms with Crippen molar-refractivity contribution >= 4 is 25.7 Å². The lowest BCUT2D eigenvalue weighted by Gasteiger charge is -2.19. The van der Waals surface area contributed by atoms with E-state index in [1.807, 2.05) is 43.3 Å². The van der Waals surface area contributed by atoms with Crippen LogP contribution in [-0.2, 0) is 26.6 Å². The monoisotopic (exact) mass is 437 g/mol. The first-order valence-electron chi connectivity index (χ1n) is 9.45. The molecule has 0 bridgehead atoms. The van der Waals surface area contributed by atoms with E-state index in [-0.39, 0.29) is 16.3 Å². The van der Waals surface area contributed by atoms with Crippen molar-refractivity contribution < 1.29 is 16.8 Å². The average molecular weight is 438 g/mol. The molecule has 1 saturated heterocycles. The predicted octanol–water partition coefficient (Wildman–Crippen LogP) is 2.36. The molecule has 3 rings (SSSR count). The second kappa shape index (κ2) is 8.43. The summed E-state index contributed by atoms with van der Waals surface area (Å²) in [7, 11) is -1.89. The molecule has 1 heterocycles. The molecule has 9 heteroatoms. The Morgan fingerprint density at radius 3 is 1.83 bits per heavy atom. The van der Waals surface area contributed by atoms with Crippen molar-refractivity contribution in [3.8, 4) is 0 Å². The Kier molecular flexibility index (Phi) is 6.33.